The summed E-state index contributed by atoms with van der Waals surface area (Å²) in [5.74, 6) is -0.223. The molecule has 3 heterocycles. The summed E-state index contributed by atoms with van der Waals surface area (Å²) >= 11 is 0. The predicted octanol–water partition coefficient (Wildman–Crippen LogP) is -1.45. The van der Waals surface area contributed by atoms with Crippen molar-refractivity contribution < 1.29 is 64.2 Å². The summed E-state index contributed by atoms with van der Waals surface area (Å²) in [6.07, 6.45) is -13.9. The first-order valence-corrected chi connectivity index (χ1v) is 12.7. The van der Waals surface area contributed by atoms with Gasteiger partial charge in [-0.25, -0.2) is 0 Å². The summed E-state index contributed by atoms with van der Waals surface area (Å²) in [5, 5.41) is 79.9. The summed E-state index contributed by atoms with van der Waals surface area (Å²) in [4.78, 5) is 12.8. The molecule has 222 valence electrons. The number of hydrogen-bond donors (Lipinski definition) is 8. The van der Waals surface area contributed by atoms with Gasteiger partial charge in [0.25, 0.3) is 0 Å². The number of aliphatic hydroxyl groups excluding tert-OH is 7. The Morgan fingerprint density at radius 3 is 2.02 bits per heavy atom. The van der Waals surface area contributed by atoms with Crippen LogP contribution in [0.25, 0.3) is 22.3 Å². The minimum atomic E-state index is -1.69. The molecular weight excluding hydrogens is 548 g/mol. The van der Waals surface area contributed by atoms with Crippen LogP contribution >= 0.6 is 0 Å². The fraction of sp³-hybridized carbons (Fsp3) is 0.444. The normalized spacial score (nSPS) is 34.0. The maximum absolute atomic E-state index is 12.8. The van der Waals surface area contributed by atoms with E-state index in [1.807, 2.05) is 0 Å². The van der Waals surface area contributed by atoms with Gasteiger partial charge in [0, 0.05) is 23.8 Å². The van der Waals surface area contributed by atoms with Crippen LogP contribution < -0.4 is 14.9 Å². The number of benzene rings is 2. The van der Waals surface area contributed by atoms with Crippen molar-refractivity contribution in [2.75, 3.05) is 6.61 Å². The lowest BCUT2D eigenvalue weighted by Gasteiger charge is -2.39. The van der Waals surface area contributed by atoms with Crippen LogP contribution in [0, 0.1) is 0 Å². The van der Waals surface area contributed by atoms with Gasteiger partial charge in [-0.05, 0) is 31.2 Å². The Morgan fingerprint density at radius 2 is 1.37 bits per heavy atom. The molecule has 41 heavy (non-hydrogen) atoms. The van der Waals surface area contributed by atoms with Gasteiger partial charge in [0.05, 0.1) is 12.7 Å². The van der Waals surface area contributed by atoms with Crippen molar-refractivity contribution in [3.63, 3.8) is 0 Å². The summed E-state index contributed by atoms with van der Waals surface area (Å²) in [7, 11) is 0. The Labute approximate surface area is 231 Å². The second kappa shape index (κ2) is 11.5. The van der Waals surface area contributed by atoms with E-state index in [9.17, 15) is 45.6 Å². The van der Waals surface area contributed by atoms with Crippen LogP contribution in [-0.2, 0) is 9.47 Å². The highest BCUT2D eigenvalue weighted by molar-refractivity contribution is 5.86. The Bertz CT molecular complexity index is 1420. The topological polar surface area (TPSA) is 229 Å². The summed E-state index contributed by atoms with van der Waals surface area (Å²) in [6, 6.07) is 9.65. The van der Waals surface area contributed by atoms with Crippen LogP contribution in [-0.4, -0.2) is 109 Å². The average molecular weight is 579 g/mol. The smallest absolute Gasteiger partial charge is 0.229 e. The SMILES string of the molecule is C[C@H]1O[C@@H](Oc2ccc(-c3cc(=O)c4c(O)cc(O[C@H]5O[C@@H](CO)[C@H](O)[C@@H](O)[C@@H]5O)cc4o3)cc2)[C@H](O)[C@@H](O)[C@H]1O. The van der Waals surface area contributed by atoms with Gasteiger partial charge in [-0.15, -0.1) is 0 Å². The molecule has 5 rings (SSSR count). The molecule has 2 aliphatic heterocycles. The van der Waals surface area contributed by atoms with Crippen molar-refractivity contribution in [2.45, 2.75) is 68.3 Å². The van der Waals surface area contributed by atoms with Crippen LogP contribution in [0.4, 0.5) is 0 Å². The highest BCUT2D eigenvalue weighted by Gasteiger charge is 2.45. The number of rotatable bonds is 6. The third kappa shape index (κ3) is 5.61. The van der Waals surface area contributed by atoms with E-state index in [1.165, 1.54) is 31.2 Å². The lowest BCUT2D eigenvalue weighted by atomic mass is 9.99. The highest BCUT2D eigenvalue weighted by Crippen LogP contribution is 2.34. The molecule has 0 unspecified atom stereocenters. The monoisotopic (exact) mass is 578 g/mol. The number of phenolic OH excluding ortho intramolecular Hbond substituents is 1. The molecule has 0 radical (unpaired) electrons. The average Bonchev–Trinajstić information content (AvgIpc) is 2.95. The van der Waals surface area contributed by atoms with E-state index in [2.05, 4.69) is 0 Å². The Morgan fingerprint density at radius 1 is 0.756 bits per heavy atom. The minimum absolute atomic E-state index is 0.0762. The zero-order valence-electron chi connectivity index (χ0n) is 21.5. The van der Waals surface area contributed by atoms with Gasteiger partial charge in [0.1, 0.15) is 76.7 Å². The van der Waals surface area contributed by atoms with Gasteiger partial charge < -0.3 is 64.2 Å². The van der Waals surface area contributed by atoms with Crippen molar-refractivity contribution >= 4 is 11.0 Å². The molecule has 8 N–H and O–H groups in total. The van der Waals surface area contributed by atoms with Gasteiger partial charge in [-0.2, -0.15) is 0 Å². The second-order valence-electron chi connectivity index (χ2n) is 9.93. The first-order valence-electron chi connectivity index (χ1n) is 12.7. The fourth-order valence-corrected chi connectivity index (χ4v) is 4.70. The van der Waals surface area contributed by atoms with E-state index in [0.29, 0.717) is 5.56 Å². The van der Waals surface area contributed by atoms with E-state index < -0.39 is 79.2 Å². The molecule has 14 nitrogen and oxygen atoms in total. The van der Waals surface area contributed by atoms with E-state index in [4.69, 9.17) is 23.4 Å². The van der Waals surface area contributed by atoms with Crippen molar-refractivity contribution in [3.8, 4) is 28.6 Å². The summed E-state index contributed by atoms with van der Waals surface area (Å²) in [5.41, 5.74) is -0.212. The zero-order valence-corrected chi connectivity index (χ0v) is 21.5. The molecule has 2 saturated heterocycles. The van der Waals surface area contributed by atoms with Crippen LogP contribution in [0.15, 0.2) is 51.7 Å². The predicted molar refractivity (Wildman–Crippen MR) is 137 cm³/mol. The van der Waals surface area contributed by atoms with E-state index in [1.54, 1.807) is 12.1 Å². The third-order valence-corrected chi connectivity index (χ3v) is 7.08. The first kappa shape index (κ1) is 29.2. The van der Waals surface area contributed by atoms with Crippen molar-refractivity contribution in [3.05, 3.63) is 52.7 Å². The Hall–Kier alpha value is -3.31. The van der Waals surface area contributed by atoms with E-state index >= 15 is 0 Å². The molecule has 0 bridgehead atoms. The minimum Gasteiger partial charge on any atom is -0.507 e. The highest BCUT2D eigenvalue weighted by atomic mass is 16.7. The van der Waals surface area contributed by atoms with Crippen molar-refractivity contribution in [2.24, 2.45) is 0 Å². The van der Waals surface area contributed by atoms with Crippen LogP contribution in [0.3, 0.4) is 0 Å². The maximum Gasteiger partial charge on any atom is 0.229 e. The standard InChI is InChI=1S/C27H30O14/c1-10-20(31)22(33)24(35)26(37-10)38-12-4-2-11(3-5-12)16-8-15(30)19-14(29)6-13(7-17(19)40-16)39-27-25(36)23(34)21(32)18(9-28)41-27/h2-8,10,18,20-29,31-36H,9H2,1H3/t10-,18+,20+,21+,22+,23-,24-,25+,26+,27+/m1/s1. The number of aromatic hydroxyl groups is 1. The van der Waals surface area contributed by atoms with Crippen LogP contribution in [0.2, 0.25) is 0 Å². The van der Waals surface area contributed by atoms with E-state index in [-0.39, 0.29) is 28.2 Å². The van der Waals surface area contributed by atoms with Gasteiger partial charge in [0.2, 0.25) is 12.6 Å². The maximum atomic E-state index is 12.8. The van der Waals surface area contributed by atoms with Crippen LogP contribution in [0.1, 0.15) is 6.92 Å². The van der Waals surface area contributed by atoms with Crippen molar-refractivity contribution in [1.29, 1.82) is 0 Å². The molecule has 0 amide bonds. The molecule has 3 aromatic rings. The first-order chi connectivity index (χ1) is 19.5. The second-order valence-corrected chi connectivity index (χ2v) is 9.93. The molecule has 0 saturated carbocycles. The number of hydrogen-bond acceptors (Lipinski definition) is 14. The van der Waals surface area contributed by atoms with Gasteiger partial charge in [0.15, 0.2) is 5.43 Å². The molecule has 1 aromatic heterocycles. The molecule has 2 fully saturated rings. The van der Waals surface area contributed by atoms with Crippen LogP contribution in [0.5, 0.6) is 17.2 Å². The number of aliphatic hydroxyl groups is 7. The molecule has 2 aliphatic rings. The third-order valence-electron chi connectivity index (χ3n) is 7.08. The van der Waals surface area contributed by atoms with Gasteiger partial charge >= 0.3 is 0 Å². The lowest BCUT2D eigenvalue weighted by molar-refractivity contribution is -0.277. The summed E-state index contributed by atoms with van der Waals surface area (Å²) < 4.78 is 27.8. The largest absolute Gasteiger partial charge is 0.507 e. The Kier molecular flexibility index (Phi) is 8.20. The molecule has 0 aliphatic carbocycles. The number of fused-ring (bicyclic) bond motifs is 1. The Balaban J connectivity index is 1.38. The molecule has 10 atom stereocenters. The number of phenols is 1. The molecule has 2 aromatic carbocycles. The lowest BCUT2D eigenvalue weighted by Crippen LogP contribution is -2.60. The molecule has 14 heteroatoms. The summed E-state index contributed by atoms with van der Waals surface area (Å²) in [6.45, 7) is 0.868. The quantitative estimate of drug-likeness (QED) is 0.167. The van der Waals surface area contributed by atoms with Crippen molar-refractivity contribution in [1.82, 2.24) is 0 Å². The van der Waals surface area contributed by atoms with Gasteiger partial charge in [-0.1, -0.05) is 0 Å². The molecular formula is C27H30O14. The van der Waals surface area contributed by atoms with E-state index in [0.717, 1.165) is 6.07 Å². The fourth-order valence-electron chi connectivity index (χ4n) is 4.70. The molecule has 0 spiro atoms. The van der Waals surface area contributed by atoms with Gasteiger partial charge in [-0.3, -0.25) is 4.79 Å². The number of ether oxygens (including phenoxy) is 4. The zero-order chi connectivity index (χ0) is 29.6.